The SMILES string of the molecule is CN(C(=O)CCCl)c1ccc(F)c(Cl)c1. The van der Waals surface area contributed by atoms with Gasteiger partial charge in [0, 0.05) is 25.0 Å². The molecule has 5 heteroatoms. The highest BCUT2D eigenvalue weighted by molar-refractivity contribution is 6.31. The molecule has 0 saturated heterocycles. The maximum Gasteiger partial charge on any atom is 0.227 e. The van der Waals surface area contributed by atoms with Crippen LogP contribution >= 0.6 is 23.2 Å². The number of anilines is 1. The summed E-state index contributed by atoms with van der Waals surface area (Å²) in [7, 11) is 1.60. The van der Waals surface area contributed by atoms with Gasteiger partial charge in [0.1, 0.15) is 5.82 Å². The van der Waals surface area contributed by atoms with Crippen LogP contribution in [0.2, 0.25) is 5.02 Å². The van der Waals surface area contributed by atoms with E-state index in [0.717, 1.165) is 0 Å². The molecule has 0 fully saturated rings. The third-order valence-corrected chi connectivity index (χ3v) is 2.45. The van der Waals surface area contributed by atoms with Crippen molar-refractivity contribution in [3.63, 3.8) is 0 Å². The van der Waals surface area contributed by atoms with Crippen LogP contribution < -0.4 is 4.90 Å². The Hall–Kier alpha value is -0.800. The molecule has 0 spiro atoms. The number of halogens is 3. The molecule has 0 heterocycles. The van der Waals surface area contributed by atoms with Crippen molar-refractivity contribution in [2.45, 2.75) is 6.42 Å². The van der Waals surface area contributed by atoms with Crippen LogP contribution in [0, 0.1) is 5.82 Å². The van der Waals surface area contributed by atoms with Crippen molar-refractivity contribution < 1.29 is 9.18 Å². The minimum atomic E-state index is -0.501. The molecule has 0 N–H and O–H groups in total. The number of carbonyl (C=O) groups is 1. The van der Waals surface area contributed by atoms with Crippen molar-refractivity contribution in [3.8, 4) is 0 Å². The fraction of sp³-hybridized carbons (Fsp3) is 0.300. The third kappa shape index (κ3) is 3.08. The van der Waals surface area contributed by atoms with Gasteiger partial charge >= 0.3 is 0 Å². The van der Waals surface area contributed by atoms with E-state index in [4.69, 9.17) is 23.2 Å². The van der Waals surface area contributed by atoms with E-state index in [1.54, 1.807) is 7.05 Å². The average Bonchev–Trinajstić information content (AvgIpc) is 2.21. The number of benzene rings is 1. The van der Waals surface area contributed by atoms with Crippen LogP contribution in [0.5, 0.6) is 0 Å². The first-order chi connectivity index (χ1) is 7.06. The van der Waals surface area contributed by atoms with Crippen molar-refractivity contribution in [1.29, 1.82) is 0 Å². The Morgan fingerprint density at radius 2 is 2.20 bits per heavy atom. The molecule has 0 radical (unpaired) electrons. The smallest absolute Gasteiger partial charge is 0.227 e. The number of rotatable bonds is 3. The lowest BCUT2D eigenvalue weighted by molar-refractivity contribution is -0.117. The molecule has 0 saturated carbocycles. The molecule has 0 bridgehead atoms. The topological polar surface area (TPSA) is 20.3 Å². The van der Waals surface area contributed by atoms with E-state index in [-0.39, 0.29) is 23.2 Å². The quantitative estimate of drug-likeness (QED) is 0.755. The van der Waals surface area contributed by atoms with Crippen LogP contribution in [-0.4, -0.2) is 18.8 Å². The van der Waals surface area contributed by atoms with Gasteiger partial charge in [-0.15, -0.1) is 11.6 Å². The van der Waals surface area contributed by atoms with Gasteiger partial charge in [0.15, 0.2) is 0 Å². The van der Waals surface area contributed by atoms with Gasteiger partial charge < -0.3 is 4.90 Å². The van der Waals surface area contributed by atoms with Gasteiger partial charge in [-0.3, -0.25) is 4.79 Å². The first kappa shape index (κ1) is 12.3. The third-order valence-electron chi connectivity index (χ3n) is 1.97. The normalized spacial score (nSPS) is 10.1. The molecule has 0 atom stereocenters. The Morgan fingerprint density at radius 3 is 2.73 bits per heavy atom. The number of hydrogen-bond donors (Lipinski definition) is 0. The Balaban J connectivity index is 2.86. The lowest BCUT2D eigenvalue weighted by atomic mass is 10.2. The molecule has 0 aliphatic heterocycles. The summed E-state index contributed by atoms with van der Waals surface area (Å²) in [5, 5.41) is -0.00183. The summed E-state index contributed by atoms with van der Waals surface area (Å²) in [6.45, 7) is 0. The summed E-state index contributed by atoms with van der Waals surface area (Å²) in [5.41, 5.74) is 0.552. The van der Waals surface area contributed by atoms with Crippen LogP contribution in [0.25, 0.3) is 0 Å². The molecule has 1 aromatic carbocycles. The van der Waals surface area contributed by atoms with E-state index in [1.807, 2.05) is 0 Å². The highest BCUT2D eigenvalue weighted by Crippen LogP contribution is 2.22. The number of nitrogens with zero attached hydrogens (tertiary/aromatic N) is 1. The minimum absolute atomic E-state index is 0.00183. The zero-order valence-corrected chi connectivity index (χ0v) is 9.65. The zero-order valence-electron chi connectivity index (χ0n) is 8.14. The summed E-state index contributed by atoms with van der Waals surface area (Å²) in [4.78, 5) is 12.8. The molecule has 0 aromatic heterocycles. The first-order valence-electron chi connectivity index (χ1n) is 4.34. The molecule has 1 amide bonds. The molecule has 0 aliphatic carbocycles. The van der Waals surface area contributed by atoms with Gasteiger partial charge in [-0.2, -0.15) is 0 Å². The van der Waals surface area contributed by atoms with Crippen LogP contribution in [-0.2, 0) is 4.79 Å². The molecule has 0 unspecified atom stereocenters. The maximum atomic E-state index is 12.9. The Kier molecular flexibility index (Phi) is 4.36. The monoisotopic (exact) mass is 249 g/mol. The predicted octanol–water partition coefficient (Wildman–Crippen LogP) is 3.07. The van der Waals surface area contributed by atoms with Crippen molar-refractivity contribution in [2.75, 3.05) is 17.8 Å². The molecule has 0 aliphatic rings. The van der Waals surface area contributed by atoms with Gasteiger partial charge in [-0.05, 0) is 18.2 Å². The molecule has 1 rings (SSSR count). The molecular formula is C10H10Cl2FNO. The van der Waals surface area contributed by atoms with Crippen molar-refractivity contribution in [2.24, 2.45) is 0 Å². The second-order valence-corrected chi connectivity index (χ2v) is 3.78. The fourth-order valence-corrected chi connectivity index (χ4v) is 1.42. The van der Waals surface area contributed by atoms with Crippen molar-refractivity contribution in [3.05, 3.63) is 29.0 Å². The number of amides is 1. The van der Waals surface area contributed by atoms with E-state index in [1.165, 1.54) is 23.1 Å². The van der Waals surface area contributed by atoms with E-state index in [9.17, 15) is 9.18 Å². The Labute approximate surface area is 97.6 Å². The van der Waals surface area contributed by atoms with E-state index in [0.29, 0.717) is 5.69 Å². The molecule has 82 valence electrons. The maximum absolute atomic E-state index is 12.9. The van der Waals surface area contributed by atoms with E-state index in [2.05, 4.69) is 0 Å². The highest BCUT2D eigenvalue weighted by atomic mass is 35.5. The summed E-state index contributed by atoms with van der Waals surface area (Å²) in [6, 6.07) is 4.12. The van der Waals surface area contributed by atoms with Gasteiger partial charge in [-0.25, -0.2) is 4.39 Å². The van der Waals surface area contributed by atoms with Crippen LogP contribution in [0.15, 0.2) is 18.2 Å². The molecular weight excluding hydrogens is 240 g/mol. The lowest BCUT2D eigenvalue weighted by Gasteiger charge is -2.16. The number of alkyl halides is 1. The van der Waals surface area contributed by atoms with Crippen LogP contribution in [0.4, 0.5) is 10.1 Å². The van der Waals surface area contributed by atoms with Gasteiger partial charge in [0.2, 0.25) is 5.91 Å². The van der Waals surface area contributed by atoms with E-state index < -0.39 is 5.82 Å². The van der Waals surface area contributed by atoms with Crippen LogP contribution in [0.3, 0.4) is 0 Å². The first-order valence-corrected chi connectivity index (χ1v) is 5.25. The average molecular weight is 250 g/mol. The number of carbonyl (C=O) groups excluding carboxylic acids is 1. The van der Waals surface area contributed by atoms with Gasteiger partial charge in [-0.1, -0.05) is 11.6 Å². The standard InChI is InChI=1S/C10H10Cl2FNO/c1-14(10(15)4-5-11)7-2-3-9(13)8(12)6-7/h2-3,6H,4-5H2,1H3. The summed E-state index contributed by atoms with van der Waals surface area (Å²) in [5.74, 6) is -0.371. The number of hydrogen-bond acceptors (Lipinski definition) is 1. The molecule has 15 heavy (non-hydrogen) atoms. The van der Waals surface area contributed by atoms with E-state index >= 15 is 0 Å². The zero-order chi connectivity index (χ0) is 11.4. The predicted molar refractivity (Wildman–Crippen MR) is 60.2 cm³/mol. The van der Waals surface area contributed by atoms with Crippen molar-refractivity contribution >= 4 is 34.8 Å². The van der Waals surface area contributed by atoms with Crippen molar-refractivity contribution in [1.82, 2.24) is 0 Å². The molecule has 1 aromatic rings. The second-order valence-electron chi connectivity index (χ2n) is 2.99. The summed E-state index contributed by atoms with van der Waals surface area (Å²) in [6.07, 6.45) is 0.243. The van der Waals surface area contributed by atoms with Gasteiger partial charge in [0.25, 0.3) is 0 Å². The highest BCUT2D eigenvalue weighted by Gasteiger charge is 2.11. The van der Waals surface area contributed by atoms with Crippen LogP contribution in [0.1, 0.15) is 6.42 Å². The summed E-state index contributed by atoms with van der Waals surface area (Å²) >= 11 is 11.1. The summed E-state index contributed by atoms with van der Waals surface area (Å²) < 4.78 is 12.9. The second kappa shape index (κ2) is 5.33. The Morgan fingerprint density at radius 1 is 1.53 bits per heavy atom. The lowest BCUT2D eigenvalue weighted by Crippen LogP contribution is -2.26. The van der Waals surface area contributed by atoms with Gasteiger partial charge in [0.05, 0.1) is 5.02 Å². The fourth-order valence-electron chi connectivity index (χ4n) is 1.09. The minimum Gasteiger partial charge on any atom is -0.315 e. The largest absolute Gasteiger partial charge is 0.315 e. The Bertz CT molecular complexity index is 370. The molecule has 2 nitrogen and oxygen atoms in total.